The molecule has 0 radical (unpaired) electrons. The van der Waals surface area contributed by atoms with Crippen LogP contribution in [0.2, 0.25) is 0 Å². The molecule has 1 unspecified atom stereocenters. The molecule has 1 atom stereocenters. The van der Waals surface area contributed by atoms with E-state index in [4.69, 9.17) is 10.5 Å². The number of carbonyl (C=O) groups is 1. The maximum Gasteiger partial charge on any atom is 0.261 e. The monoisotopic (exact) mass is 292 g/mol. The van der Waals surface area contributed by atoms with Crippen molar-refractivity contribution in [2.24, 2.45) is 5.73 Å². The summed E-state index contributed by atoms with van der Waals surface area (Å²) in [5, 5.41) is 3.00. The van der Waals surface area contributed by atoms with Crippen LogP contribution in [0.4, 0.5) is 0 Å². The first-order valence-corrected chi connectivity index (χ1v) is 7.49. The van der Waals surface area contributed by atoms with Crippen LogP contribution < -0.4 is 15.8 Å². The zero-order valence-corrected chi connectivity index (χ0v) is 14.0. The Kier molecular flexibility index (Phi) is 5.78. The number of carbonyl (C=O) groups excluding carboxylic acids is 1. The van der Waals surface area contributed by atoms with Gasteiger partial charge in [0.05, 0.1) is 0 Å². The lowest BCUT2D eigenvalue weighted by Crippen LogP contribution is -2.48. The van der Waals surface area contributed by atoms with Crippen LogP contribution >= 0.6 is 0 Å². The molecule has 1 aromatic carbocycles. The van der Waals surface area contributed by atoms with E-state index < -0.39 is 6.10 Å². The molecule has 0 saturated carbocycles. The van der Waals surface area contributed by atoms with Crippen LogP contribution in [0.15, 0.2) is 12.1 Å². The van der Waals surface area contributed by atoms with Gasteiger partial charge in [0.1, 0.15) is 5.75 Å². The van der Waals surface area contributed by atoms with E-state index in [-0.39, 0.29) is 11.4 Å². The number of nitrogens with two attached hydrogens (primary N) is 1. The van der Waals surface area contributed by atoms with Crippen molar-refractivity contribution in [1.82, 2.24) is 5.32 Å². The van der Waals surface area contributed by atoms with Gasteiger partial charge in [-0.25, -0.2) is 0 Å². The van der Waals surface area contributed by atoms with Crippen molar-refractivity contribution in [3.05, 3.63) is 28.8 Å². The van der Waals surface area contributed by atoms with Crippen molar-refractivity contribution in [1.29, 1.82) is 0 Å². The minimum Gasteiger partial charge on any atom is -0.480 e. The zero-order valence-electron chi connectivity index (χ0n) is 14.0. The van der Waals surface area contributed by atoms with E-state index in [0.717, 1.165) is 28.9 Å². The minimum atomic E-state index is -0.531. The van der Waals surface area contributed by atoms with Gasteiger partial charge >= 0.3 is 0 Å². The highest BCUT2D eigenvalue weighted by Crippen LogP contribution is 2.26. The molecule has 0 aliphatic rings. The van der Waals surface area contributed by atoms with Gasteiger partial charge in [-0.15, -0.1) is 0 Å². The zero-order chi connectivity index (χ0) is 16.2. The number of amides is 1. The summed E-state index contributed by atoms with van der Waals surface area (Å²) in [6, 6.07) is 4.01. The minimum absolute atomic E-state index is 0.0939. The summed E-state index contributed by atoms with van der Waals surface area (Å²) >= 11 is 0. The Balaban J connectivity index is 2.84. The fraction of sp³-hybridized carbons (Fsp3) is 0.588. The van der Waals surface area contributed by atoms with Gasteiger partial charge in [-0.3, -0.25) is 4.79 Å². The summed E-state index contributed by atoms with van der Waals surface area (Å²) in [6.45, 7) is 12.3. The van der Waals surface area contributed by atoms with E-state index in [1.165, 1.54) is 0 Å². The molecule has 21 heavy (non-hydrogen) atoms. The molecule has 4 heteroatoms. The second-order valence-electron chi connectivity index (χ2n) is 6.25. The second-order valence-corrected chi connectivity index (χ2v) is 6.25. The first kappa shape index (κ1) is 17.5. The lowest BCUT2D eigenvalue weighted by molar-refractivity contribution is -0.129. The highest BCUT2D eigenvalue weighted by molar-refractivity contribution is 5.81. The molecule has 0 aliphatic heterocycles. The van der Waals surface area contributed by atoms with Gasteiger partial charge in [0.25, 0.3) is 5.91 Å². The molecule has 0 aromatic heterocycles. The normalized spacial score (nSPS) is 12.9. The largest absolute Gasteiger partial charge is 0.480 e. The number of benzene rings is 1. The highest BCUT2D eigenvalue weighted by Gasteiger charge is 2.23. The molecule has 0 fully saturated rings. The lowest BCUT2D eigenvalue weighted by atomic mass is 10.0. The Bertz CT molecular complexity index is 487. The molecule has 1 amide bonds. The van der Waals surface area contributed by atoms with Crippen LogP contribution in [-0.4, -0.2) is 17.6 Å². The van der Waals surface area contributed by atoms with E-state index in [1.807, 2.05) is 46.8 Å². The number of aryl methyl sites for hydroxylation is 2. The van der Waals surface area contributed by atoms with Crippen molar-refractivity contribution in [2.45, 2.75) is 66.2 Å². The van der Waals surface area contributed by atoms with E-state index in [1.54, 1.807) is 6.92 Å². The maximum absolute atomic E-state index is 12.2. The van der Waals surface area contributed by atoms with Gasteiger partial charge in [0, 0.05) is 12.1 Å². The predicted octanol–water partition coefficient (Wildman–Crippen LogP) is 2.83. The molecular weight excluding hydrogens is 264 g/mol. The smallest absolute Gasteiger partial charge is 0.261 e. The Morgan fingerprint density at radius 2 is 1.86 bits per heavy atom. The van der Waals surface area contributed by atoms with Crippen LogP contribution in [0.1, 0.15) is 50.8 Å². The first-order valence-electron chi connectivity index (χ1n) is 7.49. The van der Waals surface area contributed by atoms with Crippen molar-refractivity contribution in [3.63, 3.8) is 0 Å². The molecule has 4 nitrogen and oxygen atoms in total. The first-order chi connectivity index (χ1) is 9.70. The molecule has 3 N–H and O–H groups in total. The van der Waals surface area contributed by atoms with Crippen LogP contribution in [0.5, 0.6) is 5.75 Å². The third kappa shape index (κ3) is 4.74. The standard InChI is InChI=1S/C17H28N2O2/c1-7-17(5,6)19-16(20)13(4)21-15-11(2)8-14(10-18)9-12(15)3/h8-9,13H,7,10,18H2,1-6H3,(H,19,20). The van der Waals surface area contributed by atoms with Crippen LogP contribution in [0.25, 0.3) is 0 Å². The summed E-state index contributed by atoms with van der Waals surface area (Å²) in [5.74, 6) is 0.674. The van der Waals surface area contributed by atoms with E-state index in [9.17, 15) is 4.79 Å². The highest BCUT2D eigenvalue weighted by atomic mass is 16.5. The van der Waals surface area contributed by atoms with Gasteiger partial charge in [0.2, 0.25) is 0 Å². The van der Waals surface area contributed by atoms with E-state index >= 15 is 0 Å². The SMILES string of the molecule is CCC(C)(C)NC(=O)C(C)Oc1c(C)cc(CN)cc1C. The maximum atomic E-state index is 12.2. The Hall–Kier alpha value is -1.55. The fourth-order valence-electron chi connectivity index (χ4n) is 2.10. The summed E-state index contributed by atoms with van der Waals surface area (Å²) in [7, 11) is 0. The Morgan fingerprint density at radius 1 is 1.33 bits per heavy atom. The van der Waals surface area contributed by atoms with E-state index in [0.29, 0.717) is 6.54 Å². The van der Waals surface area contributed by atoms with Gasteiger partial charge in [-0.2, -0.15) is 0 Å². The fourth-order valence-corrected chi connectivity index (χ4v) is 2.10. The Morgan fingerprint density at radius 3 is 2.29 bits per heavy atom. The summed E-state index contributed by atoms with van der Waals surface area (Å²) in [6.07, 6.45) is 0.339. The average molecular weight is 292 g/mol. The molecule has 0 heterocycles. The van der Waals surface area contributed by atoms with Gasteiger partial charge in [0.15, 0.2) is 6.10 Å². The van der Waals surface area contributed by atoms with Crippen molar-refractivity contribution >= 4 is 5.91 Å². The van der Waals surface area contributed by atoms with Gasteiger partial charge in [-0.05, 0) is 57.7 Å². The summed E-state index contributed by atoms with van der Waals surface area (Å²) in [5.41, 5.74) is 8.53. The van der Waals surface area contributed by atoms with Crippen LogP contribution in [0.3, 0.4) is 0 Å². The van der Waals surface area contributed by atoms with Gasteiger partial charge < -0.3 is 15.8 Å². The molecule has 0 aliphatic carbocycles. The molecule has 0 bridgehead atoms. The molecule has 0 spiro atoms. The molecule has 118 valence electrons. The van der Waals surface area contributed by atoms with Crippen LogP contribution in [-0.2, 0) is 11.3 Å². The number of hydrogen-bond donors (Lipinski definition) is 2. The summed E-state index contributed by atoms with van der Waals surface area (Å²) in [4.78, 5) is 12.2. The van der Waals surface area contributed by atoms with Crippen molar-refractivity contribution < 1.29 is 9.53 Å². The lowest BCUT2D eigenvalue weighted by Gasteiger charge is -2.27. The predicted molar refractivity (Wildman–Crippen MR) is 86.4 cm³/mol. The molecule has 1 aromatic rings. The second kappa shape index (κ2) is 6.94. The number of nitrogens with one attached hydrogen (secondary N) is 1. The number of rotatable bonds is 6. The van der Waals surface area contributed by atoms with E-state index in [2.05, 4.69) is 5.32 Å². The summed E-state index contributed by atoms with van der Waals surface area (Å²) < 4.78 is 5.87. The molecule has 1 rings (SSSR count). The average Bonchev–Trinajstić information content (AvgIpc) is 2.41. The topological polar surface area (TPSA) is 64.3 Å². The molecule has 0 saturated heterocycles. The third-order valence-electron chi connectivity index (χ3n) is 3.77. The third-order valence-corrected chi connectivity index (χ3v) is 3.77. The van der Waals surface area contributed by atoms with Crippen molar-refractivity contribution in [3.8, 4) is 5.75 Å². The molecular formula is C17H28N2O2. The van der Waals surface area contributed by atoms with Gasteiger partial charge in [-0.1, -0.05) is 19.1 Å². The number of hydrogen-bond acceptors (Lipinski definition) is 3. The quantitative estimate of drug-likeness (QED) is 0.847. The Labute approximate surface area is 128 Å². The number of ether oxygens (including phenoxy) is 1. The van der Waals surface area contributed by atoms with Crippen molar-refractivity contribution in [2.75, 3.05) is 0 Å². The van der Waals surface area contributed by atoms with Crippen LogP contribution in [0, 0.1) is 13.8 Å².